The highest BCUT2D eigenvalue weighted by molar-refractivity contribution is 5.91. The fourth-order valence-corrected chi connectivity index (χ4v) is 1.57. The van der Waals surface area contributed by atoms with Crippen LogP contribution in [-0.2, 0) is 0 Å². The van der Waals surface area contributed by atoms with Crippen LogP contribution in [0.5, 0.6) is 0 Å². The van der Waals surface area contributed by atoms with E-state index in [1.54, 1.807) is 6.33 Å². The molecule has 1 unspecified atom stereocenters. The number of aromatic nitrogens is 2. The molecule has 0 amide bonds. The number of nitrogens with two attached hydrogens (primary N) is 1. The molecule has 2 aromatic rings. The molecule has 0 saturated heterocycles. The fourth-order valence-electron chi connectivity index (χ4n) is 1.57. The molecule has 0 bridgehead atoms. The van der Waals surface area contributed by atoms with E-state index in [4.69, 9.17) is 5.73 Å². The van der Waals surface area contributed by atoms with Gasteiger partial charge in [-0.3, -0.25) is 0 Å². The first-order valence-corrected chi connectivity index (χ1v) is 5.84. The summed E-state index contributed by atoms with van der Waals surface area (Å²) in [6, 6.07) is 6.03. The van der Waals surface area contributed by atoms with Crippen LogP contribution in [0, 0.1) is 5.92 Å². The molecule has 1 aromatic heterocycles. The Hall–Kier alpha value is -1.84. The molecule has 3 N–H and O–H groups in total. The van der Waals surface area contributed by atoms with E-state index in [-0.39, 0.29) is 0 Å². The first-order chi connectivity index (χ1) is 8.08. The zero-order valence-corrected chi connectivity index (χ0v) is 10.4. The highest BCUT2D eigenvalue weighted by Crippen LogP contribution is 2.22. The average molecular weight is 230 g/mol. The number of hydrogen-bond donors (Lipinski definition) is 2. The third kappa shape index (κ3) is 2.46. The Morgan fingerprint density at radius 2 is 1.94 bits per heavy atom. The van der Waals surface area contributed by atoms with Crippen molar-refractivity contribution in [1.29, 1.82) is 0 Å². The lowest BCUT2D eigenvalue weighted by molar-refractivity contribution is 0.559. The lowest BCUT2D eigenvalue weighted by Gasteiger charge is -2.19. The van der Waals surface area contributed by atoms with Gasteiger partial charge in [0.2, 0.25) is 0 Å². The number of nitrogens with one attached hydrogen (secondary N) is 1. The maximum absolute atomic E-state index is 5.80. The third-order valence-corrected chi connectivity index (χ3v) is 3.02. The second-order valence-corrected chi connectivity index (χ2v) is 4.68. The number of fused-ring (bicyclic) bond motifs is 1. The van der Waals surface area contributed by atoms with Crippen molar-refractivity contribution in [3.05, 3.63) is 24.5 Å². The molecular weight excluding hydrogens is 212 g/mol. The fraction of sp³-hybridized carbons (Fsp3) is 0.385. The Labute approximate surface area is 101 Å². The molecule has 0 aliphatic heterocycles. The second-order valence-electron chi connectivity index (χ2n) is 4.68. The topological polar surface area (TPSA) is 63.8 Å². The van der Waals surface area contributed by atoms with Crippen molar-refractivity contribution >= 4 is 22.4 Å². The summed E-state index contributed by atoms with van der Waals surface area (Å²) < 4.78 is 0. The van der Waals surface area contributed by atoms with Gasteiger partial charge < -0.3 is 11.1 Å². The van der Waals surface area contributed by atoms with E-state index in [2.05, 4.69) is 36.1 Å². The summed E-state index contributed by atoms with van der Waals surface area (Å²) >= 11 is 0. The van der Waals surface area contributed by atoms with Crippen molar-refractivity contribution in [3.63, 3.8) is 0 Å². The van der Waals surface area contributed by atoms with Crippen LogP contribution in [0.25, 0.3) is 10.9 Å². The lowest BCUT2D eigenvalue weighted by Crippen LogP contribution is -2.22. The SMILES string of the molecule is CC(C)C(C)Nc1ncnc2ccc(N)cc12. The van der Waals surface area contributed by atoms with E-state index < -0.39 is 0 Å². The minimum atomic E-state index is 0.356. The summed E-state index contributed by atoms with van der Waals surface area (Å²) in [6.45, 7) is 6.50. The molecule has 0 radical (unpaired) electrons. The summed E-state index contributed by atoms with van der Waals surface area (Å²) in [6.07, 6.45) is 1.58. The number of nitrogen functional groups attached to an aromatic ring is 1. The number of hydrogen-bond acceptors (Lipinski definition) is 4. The number of anilines is 2. The first-order valence-electron chi connectivity index (χ1n) is 5.84. The lowest BCUT2D eigenvalue weighted by atomic mass is 10.1. The second kappa shape index (κ2) is 4.57. The molecular formula is C13H18N4. The summed E-state index contributed by atoms with van der Waals surface area (Å²) in [5.41, 5.74) is 7.44. The van der Waals surface area contributed by atoms with Gasteiger partial charge >= 0.3 is 0 Å². The minimum Gasteiger partial charge on any atom is -0.399 e. The normalized spacial score (nSPS) is 12.9. The van der Waals surface area contributed by atoms with Gasteiger partial charge in [-0.2, -0.15) is 0 Å². The van der Waals surface area contributed by atoms with Gasteiger partial charge in [-0.15, -0.1) is 0 Å². The molecule has 1 aromatic carbocycles. The van der Waals surface area contributed by atoms with Crippen LogP contribution < -0.4 is 11.1 Å². The van der Waals surface area contributed by atoms with Gasteiger partial charge in [-0.1, -0.05) is 13.8 Å². The average Bonchev–Trinajstić information content (AvgIpc) is 2.29. The maximum atomic E-state index is 5.80. The monoisotopic (exact) mass is 230 g/mol. The molecule has 4 nitrogen and oxygen atoms in total. The van der Waals surface area contributed by atoms with Crippen LogP contribution >= 0.6 is 0 Å². The van der Waals surface area contributed by atoms with Crippen molar-refractivity contribution in [1.82, 2.24) is 9.97 Å². The molecule has 2 rings (SSSR count). The van der Waals surface area contributed by atoms with Crippen molar-refractivity contribution in [2.45, 2.75) is 26.8 Å². The standard InChI is InChI=1S/C13H18N4/c1-8(2)9(3)17-13-11-6-10(14)4-5-12(11)15-7-16-13/h4-9H,14H2,1-3H3,(H,15,16,17). The maximum Gasteiger partial charge on any atom is 0.137 e. The molecule has 0 aliphatic carbocycles. The molecule has 0 fully saturated rings. The zero-order valence-electron chi connectivity index (χ0n) is 10.4. The van der Waals surface area contributed by atoms with E-state index in [1.165, 1.54) is 0 Å². The molecule has 1 atom stereocenters. The van der Waals surface area contributed by atoms with Gasteiger partial charge in [0.25, 0.3) is 0 Å². The van der Waals surface area contributed by atoms with Crippen LogP contribution in [0.3, 0.4) is 0 Å². The van der Waals surface area contributed by atoms with E-state index in [0.717, 1.165) is 22.4 Å². The van der Waals surface area contributed by atoms with Crippen molar-refractivity contribution in [2.75, 3.05) is 11.1 Å². The molecule has 1 heterocycles. The van der Waals surface area contributed by atoms with Gasteiger partial charge in [0.05, 0.1) is 5.52 Å². The summed E-state index contributed by atoms with van der Waals surface area (Å²) in [5, 5.41) is 4.38. The van der Waals surface area contributed by atoms with Gasteiger partial charge in [0.1, 0.15) is 12.1 Å². The summed E-state index contributed by atoms with van der Waals surface area (Å²) in [5.74, 6) is 1.39. The molecule has 90 valence electrons. The smallest absolute Gasteiger partial charge is 0.137 e. The van der Waals surface area contributed by atoms with Gasteiger partial charge in [0.15, 0.2) is 0 Å². The van der Waals surface area contributed by atoms with E-state index >= 15 is 0 Å². The predicted octanol–water partition coefficient (Wildman–Crippen LogP) is 2.67. The highest BCUT2D eigenvalue weighted by Gasteiger charge is 2.10. The Kier molecular flexibility index (Phi) is 3.13. The minimum absolute atomic E-state index is 0.356. The number of nitrogens with zero attached hydrogens (tertiary/aromatic N) is 2. The Morgan fingerprint density at radius 1 is 1.18 bits per heavy atom. The quantitative estimate of drug-likeness (QED) is 0.796. The first kappa shape index (κ1) is 11.6. The number of rotatable bonds is 3. The van der Waals surface area contributed by atoms with Gasteiger partial charge in [-0.25, -0.2) is 9.97 Å². The molecule has 17 heavy (non-hydrogen) atoms. The molecule has 0 saturated carbocycles. The van der Waals surface area contributed by atoms with E-state index in [0.29, 0.717) is 12.0 Å². The zero-order chi connectivity index (χ0) is 12.4. The molecule has 4 heteroatoms. The van der Waals surface area contributed by atoms with Crippen molar-refractivity contribution < 1.29 is 0 Å². The van der Waals surface area contributed by atoms with Crippen molar-refractivity contribution in [3.8, 4) is 0 Å². The van der Waals surface area contributed by atoms with Crippen molar-refractivity contribution in [2.24, 2.45) is 5.92 Å². The Balaban J connectivity index is 2.43. The predicted molar refractivity (Wildman–Crippen MR) is 71.9 cm³/mol. The Morgan fingerprint density at radius 3 is 2.65 bits per heavy atom. The summed E-state index contributed by atoms with van der Waals surface area (Å²) in [7, 11) is 0. The summed E-state index contributed by atoms with van der Waals surface area (Å²) in [4.78, 5) is 8.52. The van der Waals surface area contributed by atoms with Gasteiger partial charge in [-0.05, 0) is 31.0 Å². The van der Waals surface area contributed by atoms with Crippen LogP contribution in [0.1, 0.15) is 20.8 Å². The van der Waals surface area contributed by atoms with Crippen LogP contribution in [0.15, 0.2) is 24.5 Å². The van der Waals surface area contributed by atoms with Crippen LogP contribution in [0.4, 0.5) is 11.5 Å². The van der Waals surface area contributed by atoms with Crippen LogP contribution in [-0.4, -0.2) is 16.0 Å². The Bertz CT molecular complexity index is 522. The molecule has 0 aliphatic rings. The largest absolute Gasteiger partial charge is 0.399 e. The molecule has 0 spiro atoms. The third-order valence-electron chi connectivity index (χ3n) is 3.02. The number of benzene rings is 1. The van der Waals surface area contributed by atoms with Crippen LogP contribution in [0.2, 0.25) is 0 Å². The van der Waals surface area contributed by atoms with E-state index in [9.17, 15) is 0 Å². The van der Waals surface area contributed by atoms with E-state index in [1.807, 2.05) is 18.2 Å². The highest BCUT2D eigenvalue weighted by atomic mass is 15.0. The van der Waals surface area contributed by atoms with Gasteiger partial charge in [0, 0.05) is 17.1 Å².